The highest BCUT2D eigenvalue weighted by molar-refractivity contribution is 5.89. The molecule has 14 heteroatoms. The maximum atomic E-state index is 14.0. The average molecular weight is 668 g/mol. The molecule has 0 amide bonds. The van der Waals surface area contributed by atoms with Gasteiger partial charge in [0.2, 0.25) is 11.7 Å². The molecule has 1 fully saturated rings. The number of nitrogens with one attached hydrogen (secondary N) is 1. The van der Waals surface area contributed by atoms with Gasteiger partial charge in [0, 0.05) is 23.1 Å². The average Bonchev–Trinajstić information content (AvgIpc) is 3.71. The second-order valence-corrected chi connectivity index (χ2v) is 11.8. The van der Waals surface area contributed by atoms with Gasteiger partial charge in [0.15, 0.2) is 16.9 Å². The third-order valence-electron chi connectivity index (χ3n) is 8.62. The van der Waals surface area contributed by atoms with E-state index >= 15 is 0 Å². The highest BCUT2D eigenvalue weighted by atomic mass is 16.6. The van der Waals surface area contributed by atoms with Gasteiger partial charge in [0.1, 0.15) is 29.5 Å². The molecule has 4 N–H and O–H groups in total. The largest absolute Gasteiger partial charge is 0.497 e. The van der Waals surface area contributed by atoms with Crippen LogP contribution in [-0.4, -0.2) is 63.4 Å². The van der Waals surface area contributed by atoms with Gasteiger partial charge in [-0.2, -0.15) is 4.98 Å². The lowest BCUT2D eigenvalue weighted by Crippen LogP contribution is -2.45. The number of ether oxygens (including phenoxy) is 4. The molecule has 0 aliphatic carbocycles. The van der Waals surface area contributed by atoms with Gasteiger partial charge in [0.05, 0.1) is 26.9 Å². The third-order valence-corrected chi connectivity index (χ3v) is 8.62. The number of Topliss-reactive ketones (excluding diaryl/α,β-unsaturated/α-hetero) is 1. The number of aliphatic hydroxyl groups is 1. The van der Waals surface area contributed by atoms with E-state index in [1.54, 1.807) is 28.1 Å². The van der Waals surface area contributed by atoms with Crippen LogP contribution in [-0.2, 0) is 25.6 Å². The fourth-order valence-electron chi connectivity index (χ4n) is 6.29. The summed E-state index contributed by atoms with van der Waals surface area (Å²) in [6.45, 7) is 3.36. The first-order chi connectivity index (χ1) is 23.6. The summed E-state index contributed by atoms with van der Waals surface area (Å²) in [4.78, 5) is 37.5. The van der Waals surface area contributed by atoms with Crippen molar-refractivity contribution in [2.24, 2.45) is 5.92 Å². The Morgan fingerprint density at radius 1 is 1.02 bits per heavy atom. The number of carbonyl (C=O) groups is 1. The maximum Gasteiger partial charge on any atom is 0.280 e. The molecule has 0 bridgehead atoms. The maximum absolute atomic E-state index is 14.0. The number of aromatic nitrogens is 4. The van der Waals surface area contributed by atoms with Gasteiger partial charge in [0.25, 0.3) is 5.56 Å². The van der Waals surface area contributed by atoms with Crippen molar-refractivity contribution >= 4 is 22.9 Å². The summed E-state index contributed by atoms with van der Waals surface area (Å²) in [6.07, 6.45) is -0.892. The summed E-state index contributed by atoms with van der Waals surface area (Å²) in [5.41, 5.74) is 4.90. The van der Waals surface area contributed by atoms with Crippen molar-refractivity contribution in [2.75, 3.05) is 26.6 Å². The van der Waals surface area contributed by atoms with Crippen LogP contribution in [0.25, 0.3) is 11.2 Å². The molecule has 0 radical (unpaired) electrons. The Morgan fingerprint density at radius 2 is 1.57 bits per heavy atom. The van der Waals surface area contributed by atoms with Crippen molar-refractivity contribution in [3.05, 3.63) is 112 Å². The fraction of sp³-hybridized carbons (Fsp3) is 0.314. The molecular weight excluding hydrogens is 630 g/mol. The molecule has 6 rings (SSSR count). The molecule has 1 aliphatic heterocycles. The summed E-state index contributed by atoms with van der Waals surface area (Å²) < 4.78 is 25.8. The molecule has 1 saturated heterocycles. The van der Waals surface area contributed by atoms with Crippen LogP contribution in [0.2, 0.25) is 0 Å². The number of H-pyrrole nitrogens is 1. The van der Waals surface area contributed by atoms with Gasteiger partial charge in [-0.25, -0.2) is 4.98 Å². The van der Waals surface area contributed by atoms with Crippen molar-refractivity contribution in [3.63, 3.8) is 0 Å². The van der Waals surface area contributed by atoms with Crippen LogP contribution in [0.4, 0.5) is 5.95 Å². The number of hydrogen-bond acceptors (Lipinski definition) is 12. The molecule has 3 atom stereocenters. The number of fused-ring (bicyclic) bond motifs is 1. The van der Waals surface area contributed by atoms with Gasteiger partial charge in [-0.1, -0.05) is 68.4 Å². The number of benzene rings is 3. The Morgan fingerprint density at radius 3 is 2.10 bits per heavy atom. The summed E-state index contributed by atoms with van der Waals surface area (Å²) in [7, 11) is 3.21. The number of nitrogen functional groups attached to an aromatic ring is 1. The van der Waals surface area contributed by atoms with Crippen LogP contribution < -0.4 is 20.8 Å². The minimum Gasteiger partial charge on any atom is -0.497 e. The van der Waals surface area contributed by atoms with E-state index in [4.69, 9.17) is 35.5 Å². The van der Waals surface area contributed by atoms with Crippen molar-refractivity contribution in [1.82, 2.24) is 19.5 Å². The third kappa shape index (κ3) is 6.22. The van der Waals surface area contributed by atoms with Crippen LogP contribution in [0, 0.1) is 16.7 Å². The quantitative estimate of drug-likeness (QED) is 0.136. The molecule has 0 unspecified atom stereocenters. The Balaban J connectivity index is 0.00000230. The van der Waals surface area contributed by atoms with E-state index in [9.17, 15) is 14.7 Å². The van der Waals surface area contributed by atoms with Gasteiger partial charge < -0.3 is 29.8 Å². The Hall–Kier alpha value is -5.62. The first kappa shape index (κ1) is 34.7. The second-order valence-electron chi connectivity index (χ2n) is 11.8. The summed E-state index contributed by atoms with van der Waals surface area (Å²) in [6, 6.07) is 24.9. The topological polar surface area (TPSA) is 211 Å². The lowest BCUT2D eigenvalue weighted by molar-refractivity contribution is -0.169. The first-order valence-electron chi connectivity index (χ1n) is 15.4. The monoisotopic (exact) mass is 667 g/mol. The van der Waals surface area contributed by atoms with E-state index in [1.165, 1.54) is 10.9 Å². The number of carbonyl (C=O) groups excluding carboxylic acids is 1. The second kappa shape index (κ2) is 14.2. The highest BCUT2D eigenvalue weighted by Crippen LogP contribution is 2.44. The Kier molecular flexibility index (Phi) is 10.1. The van der Waals surface area contributed by atoms with E-state index in [0.717, 1.165) is 16.7 Å². The standard InChI is InChI=1S/C35H37N5O7.N2/c1-21(2)30(42)34(40-20-37-29-31(40)38-33(36)39-32(29)43)18-27(41)28(47-34)19-46-35(22-8-6-5-7-9-22,23-10-14-25(44-3)15-11-23)24-12-16-26(45-4)17-13-24;1-2/h5-17,20-21,27-28,41H,18-19H2,1-4H3,(H3,36,38,39,43);/t27-,28+,34-;/m0./s1. The molecule has 5 aromatic rings. The van der Waals surface area contributed by atoms with E-state index in [-0.39, 0.29) is 35.9 Å². The van der Waals surface area contributed by atoms with Gasteiger partial charge in [-0.05, 0) is 41.0 Å². The number of aliphatic hydroxyl groups excluding tert-OH is 1. The molecule has 14 nitrogen and oxygen atoms in total. The zero-order valence-electron chi connectivity index (χ0n) is 27.4. The van der Waals surface area contributed by atoms with Gasteiger partial charge in [-0.3, -0.25) is 19.1 Å². The van der Waals surface area contributed by atoms with Crippen molar-refractivity contribution in [3.8, 4) is 11.5 Å². The number of rotatable bonds is 11. The van der Waals surface area contributed by atoms with Crippen LogP contribution in [0.1, 0.15) is 37.0 Å². The molecule has 254 valence electrons. The van der Waals surface area contributed by atoms with E-state index in [2.05, 4.69) is 15.0 Å². The summed E-state index contributed by atoms with van der Waals surface area (Å²) in [5.74, 6) is 0.399. The molecule has 3 aromatic carbocycles. The van der Waals surface area contributed by atoms with Crippen molar-refractivity contribution in [2.45, 2.75) is 43.8 Å². The highest BCUT2D eigenvalue weighted by Gasteiger charge is 2.54. The number of methoxy groups -OCH3 is 2. The van der Waals surface area contributed by atoms with Crippen LogP contribution in [0.5, 0.6) is 11.5 Å². The molecule has 0 saturated carbocycles. The predicted octanol–water partition coefficient (Wildman–Crippen LogP) is 3.79. The lowest BCUT2D eigenvalue weighted by atomic mass is 9.80. The normalized spacial score (nSPS) is 18.9. The Bertz CT molecular complexity index is 1930. The molecule has 3 heterocycles. The number of hydrogen-bond donors (Lipinski definition) is 3. The first-order valence-corrected chi connectivity index (χ1v) is 15.4. The van der Waals surface area contributed by atoms with E-state index in [1.807, 2.05) is 78.9 Å². The molecular formula is C35H37N7O7. The van der Waals surface area contributed by atoms with Crippen LogP contribution >= 0.6 is 0 Å². The zero-order chi connectivity index (χ0) is 35.3. The minimum absolute atomic E-state index is 0.00460. The Labute approximate surface area is 281 Å². The number of aromatic amines is 1. The summed E-state index contributed by atoms with van der Waals surface area (Å²) >= 11 is 0. The number of anilines is 1. The van der Waals surface area contributed by atoms with Crippen LogP contribution in [0.3, 0.4) is 0 Å². The van der Waals surface area contributed by atoms with E-state index < -0.39 is 35.0 Å². The fourth-order valence-corrected chi connectivity index (χ4v) is 6.29. The number of nitrogens with zero attached hydrogens (tertiary/aromatic N) is 5. The minimum atomic E-state index is -1.72. The molecule has 1 aliphatic rings. The molecule has 2 aromatic heterocycles. The van der Waals surface area contributed by atoms with Gasteiger partial charge in [-0.15, -0.1) is 0 Å². The smallest absolute Gasteiger partial charge is 0.280 e. The molecule has 49 heavy (non-hydrogen) atoms. The zero-order valence-corrected chi connectivity index (χ0v) is 27.4. The van der Waals surface area contributed by atoms with Gasteiger partial charge >= 0.3 is 0 Å². The molecule has 0 spiro atoms. The predicted molar refractivity (Wildman–Crippen MR) is 178 cm³/mol. The SMILES string of the molecule is COc1ccc(C(OC[C@H]2O[C@@](C(=O)C(C)C)(n3cnc4c(=O)[nH]c(N)nc43)C[C@@H]2O)(c2ccccc2)c2ccc(OC)cc2)cc1.N#N. The number of ketones is 1. The number of imidazole rings is 1. The van der Waals surface area contributed by atoms with E-state index in [0.29, 0.717) is 11.5 Å². The van der Waals surface area contributed by atoms with Crippen molar-refractivity contribution < 1.29 is 28.8 Å². The van der Waals surface area contributed by atoms with Crippen molar-refractivity contribution in [1.29, 1.82) is 10.8 Å². The number of nitrogens with two attached hydrogens (primary N) is 1. The summed E-state index contributed by atoms with van der Waals surface area (Å²) in [5, 5.41) is 23.5. The van der Waals surface area contributed by atoms with Crippen LogP contribution in [0.15, 0.2) is 90.0 Å². The lowest BCUT2D eigenvalue weighted by Gasteiger charge is -2.37.